The molecule has 0 aliphatic carbocycles. The van der Waals surface area contributed by atoms with Gasteiger partial charge in [0.15, 0.2) is 0 Å². The van der Waals surface area contributed by atoms with Gasteiger partial charge in [-0.3, -0.25) is 19.0 Å². The molecule has 0 amide bonds. The number of nitrogens with zero attached hydrogens (tertiary/aromatic N) is 5. The summed E-state index contributed by atoms with van der Waals surface area (Å²) in [5.74, 6) is 0. The molecule has 21 heavy (non-hydrogen) atoms. The summed E-state index contributed by atoms with van der Waals surface area (Å²) in [6.07, 6.45) is 4.80. The fourth-order valence-electron chi connectivity index (χ4n) is 2.49. The molecule has 0 aliphatic rings. The second kappa shape index (κ2) is 5.12. The van der Waals surface area contributed by atoms with Crippen molar-refractivity contribution < 1.29 is 0 Å². The average Bonchev–Trinajstić information content (AvgIpc) is 2.77. The lowest BCUT2D eigenvalue weighted by Gasteiger charge is -2.16. The number of aromatic nitrogens is 5. The molecule has 0 saturated carbocycles. The summed E-state index contributed by atoms with van der Waals surface area (Å²) in [4.78, 5) is 20.8. The van der Waals surface area contributed by atoms with Crippen molar-refractivity contribution in [2.24, 2.45) is 0 Å². The van der Waals surface area contributed by atoms with Crippen LogP contribution in [0.3, 0.4) is 0 Å². The van der Waals surface area contributed by atoms with Gasteiger partial charge in [0.05, 0.1) is 35.5 Å². The Morgan fingerprint density at radius 2 is 2.14 bits per heavy atom. The van der Waals surface area contributed by atoms with E-state index in [1.54, 1.807) is 29.4 Å². The third kappa shape index (κ3) is 2.44. The van der Waals surface area contributed by atoms with E-state index < -0.39 is 0 Å². The Morgan fingerprint density at radius 1 is 1.33 bits per heavy atom. The largest absolute Gasteiger partial charge is 0.294 e. The van der Waals surface area contributed by atoms with Gasteiger partial charge >= 0.3 is 0 Å². The van der Waals surface area contributed by atoms with Gasteiger partial charge in [-0.05, 0) is 32.9 Å². The highest BCUT2D eigenvalue weighted by molar-refractivity contribution is 5.75. The molecule has 3 aromatic rings. The van der Waals surface area contributed by atoms with Crippen LogP contribution in [0.2, 0.25) is 0 Å². The summed E-state index contributed by atoms with van der Waals surface area (Å²) in [6.45, 7) is 6.59. The zero-order chi connectivity index (χ0) is 15.0. The van der Waals surface area contributed by atoms with Crippen LogP contribution in [0.4, 0.5) is 0 Å². The molecule has 0 fully saturated rings. The molecule has 1 atom stereocenters. The molecule has 3 aromatic heterocycles. The van der Waals surface area contributed by atoms with Gasteiger partial charge in [-0.2, -0.15) is 5.10 Å². The maximum Gasteiger partial charge on any atom is 0.263 e. The minimum absolute atomic E-state index is 0.0346. The van der Waals surface area contributed by atoms with Gasteiger partial charge in [0, 0.05) is 18.1 Å². The van der Waals surface area contributed by atoms with E-state index in [0.717, 1.165) is 11.4 Å². The van der Waals surface area contributed by atoms with Crippen LogP contribution in [0, 0.1) is 13.8 Å². The lowest BCUT2D eigenvalue weighted by molar-refractivity contribution is 0.419. The standard InChI is InChI=1S/C15H17N5O/c1-10-6-11(2)20(18-10)8-12(3)19-9-17-14-4-5-16-7-13(14)15(19)21/h4-7,9,12H,8H2,1-3H3/t12-/m1/s1. The number of hydrogen-bond acceptors (Lipinski definition) is 4. The number of hydrogen-bond donors (Lipinski definition) is 0. The molecule has 0 aliphatic heterocycles. The Morgan fingerprint density at radius 3 is 2.86 bits per heavy atom. The minimum Gasteiger partial charge on any atom is -0.294 e. The first-order valence-electron chi connectivity index (χ1n) is 6.88. The van der Waals surface area contributed by atoms with Crippen molar-refractivity contribution in [1.82, 2.24) is 24.3 Å². The van der Waals surface area contributed by atoms with Gasteiger partial charge in [-0.25, -0.2) is 4.98 Å². The fourth-order valence-corrected chi connectivity index (χ4v) is 2.49. The van der Waals surface area contributed by atoms with Crippen LogP contribution in [0.25, 0.3) is 10.9 Å². The van der Waals surface area contributed by atoms with Gasteiger partial charge in [0.25, 0.3) is 5.56 Å². The van der Waals surface area contributed by atoms with E-state index in [-0.39, 0.29) is 11.6 Å². The fraction of sp³-hybridized carbons (Fsp3) is 0.333. The predicted octanol–water partition coefficient (Wildman–Crippen LogP) is 1.87. The first kappa shape index (κ1) is 13.5. The van der Waals surface area contributed by atoms with Crippen molar-refractivity contribution in [3.8, 4) is 0 Å². The number of rotatable bonds is 3. The Balaban J connectivity index is 1.98. The normalized spacial score (nSPS) is 12.7. The van der Waals surface area contributed by atoms with E-state index in [4.69, 9.17) is 0 Å². The van der Waals surface area contributed by atoms with E-state index in [2.05, 4.69) is 15.1 Å². The van der Waals surface area contributed by atoms with Crippen LogP contribution in [-0.4, -0.2) is 24.3 Å². The summed E-state index contributed by atoms with van der Waals surface area (Å²) in [5.41, 5.74) is 2.67. The second-order valence-corrected chi connectivity index (χ2v) is 5.31. The Bertz CT molecular complexity index is 849. The molecule has 0 radical (unpaired) electrons. The Hall–Kier alpha value is -2.50. The topological polar surface area (TPSA) is 65.6 Å². The first-order valence-corrected chi connectivity index (χ1v) is 6.88. The van der Waals surface area contributed by atoms with E-state index in [9.17, 15) is 4.79 Å². The summed E-state index contributed by atoms with van der Waals surface area (Å²) < 4.78 is 3.56. The lowest BCUT2D eigenvalue weighted by atomic mass is 10.2. The summed E-state index contributed by atoms with van der Waals surface area (Å²) >= 11 is 0. The molecule has 0 N–H and O–H groups in total. The summed E-state index contributed by atoms with van der Waals surface area (Å²) in [6, 6.07) is 3.73. The number of aryl methyl sites for hydroxylation is 2. The molecule has 0 aromatic carbocycles. The zero-order valence-electron chi connectivity index (χ0n) is 12.3. The van der Waals surface area contributed by atoms with Crippen LogP contribution in [-0.2, 0) is 6.54 Å². The van der Waals surface area contributed by atoms with Crippen molar-refractivity contribution in [1.29, 1.82) is 0 Å². The quantitative estimate of drug-likeness (QED) is 0.736. The molecule has 0 saturated heterocycles. The Kier molecular flexibility index (Phi) is 3.29. The van der Waals surface area contributed by atoms with Crippen molar-refractivity contribution in [2.45, 2.75) is 33.4 Å². The van der Waals surface area contributed by atoms with Gasteiger partial charge in [-0.15, -0.1) is 0 Å². The summed E-state index contributed by atoms with van der Waals surface area (Å²) in [5, 5.41) is 4.98. The molecule has 0 spiro atoms. The van der Waals surface area contributed by atoms with Gasteiger partial charge in [0.2, 0.25) is 0 Å². The predicted molar refractivity (Wildman–Crippen MR) is 80.2 cm³/mol. The second-order valence-electron chi connectivity index (χ2n) is 5.31. The van der Waals surface area contributed by atoms with Gasteiger partial charge in [-0.1, -0.05) is 0 Å². The zero-order valence-corrected chi connectivity index (χ0v) is 12.3. The monoisotopic (exact) mass is 283 g/mol. The van der Waals surface area contributed by atoms with Gasteiger partial charge < -0.3 is 0 Å². The molecular formula is C15H17N5O. The minimum atomic E-state index is -0.0675. The van der Waals surface area contributed by atoms with Crippen molar-refractivity contribution in [3.63, 3.8) is 0 Å². The molecule has 0 bridgehead atoms. The molecule has 6 nitrogen and oxygen atoms in total. The van der Waals surface area contributed by atoms with E-state index in [0.29, 0.717) is 17.4 Å². The first-order chi connectivity index (χ1) is 10.1. The molecule has 108 valence electrons. The van der Waals surface area contributed by atoms with Crippen LogP contribution >= 0.6 is 0 Å². The SMILES string of the molecule is Cc1cc(C)n(C[C@@H](C)n2cnc3ccncc3c2=O)n1. The summed E-state index contributed by atoms with van der Waals surface area (Å²) in [7, 11) is 0. The van der Waals surface area contributed by atoms with Crippen molar-refractivity contribution in [2.75, 3.05) is 0 Å². The Labute approximate surface area is 122 Å². The molecule has 3 heterocycles. The third-order valence-corrected chi connectivity index (χ3v) is 3.60. The third-order valence-electron chi connectivity index (χ3n) is 3.60. The van der Waals surface area contributed by atoms with Crippen LogP contribution in [0.15, 0.2) is 35.6 Å². The average molecular weight is 283 g/mol. The van der Waals surface area contributed by atoms with Gasteiger partial charge in [0.1, 0.15) is 0 Å². The molecule has 3 rings (SSSR count). The smallest absolute Gasteiger partial charge is 0.263 e. The maximum absolute atomic E-state index is 12.5. The van der Waals surface area contributed by atoms with E-state index in [1.807, 2.05) is 31.5 Å². The van der Waals surface area contributed by atoms with Crippen LogP contribution in [0.1, 0.15) is 24.4 Å². The highest BCUT2D eigenvalue weighted by atomic mass is 16.1. The highest BCUT2D eigenvalue weighted by Crippen LogP contribution is 2.11. The van der Waals surface area contributed by atoms with E-state index >= 15 is 0 Å². The van der Waals surface area contributed by atoms with E-state index in [1.165, 1.54) is 0 Å². The number of fused-ring (bicyclic) bond motifs is 1. The molecule has 6 heteroatoms. The lowest BCUT2D eigenvalue weighted by Crippen LogP contribution is -2.27. The number of pyridine rings is 1. The van der Waals surface area contributed by atoms with Crippen LogP contribution in [0.5, 0.6) is 0 Å². The van der Waals surface area contributed by atoms with Crippen LogP contribution < -0.4 is 5.56 Å². The highest BCUT2D eigenvalue weighted by Gasteiger charge is 2.12. The van der Waals surface area contributed by atoms with Crippen molar-refractivity contribution >= 4 is 10.9 Å². The maximum atomic E-state index is 12.5. The molecular weight excluding hydrogens is 266 g/mol. The molecule has 0 unspecified atom stereocenters. The van der Waals surface area contributed by atoms with Crippen molar-refractivity contribution in [3.05, 3.63) is 52.6 Å².